The third kappa shape index (κ3) is 2.24. The Balaban J connectivity index is 2.18. The molecule has 6 heteroatoms. The normalized spacial score (nSPS) is 12.5. The summed E-state index contributed by atoms with van der Waals surface area (Å²) in [4.78, 5) is 11.3. The molecular formula is C15H12FN3O2. The van der Waals surface area contributed by atoms with Crippen LogP contribution in [0.5, 0.6) is 0 Å². The van der Waals surface area contributed by atoms with E-state index in [0.29, 0.717) is 16.6 Å². The van der Waals surface area contributed by atoms with E-state index in [0.717, 1.165) is 0 Å². The van der Waals surface area contributed by atoms with Crippen LogP contribution in [0, 0.1) is 5.82 Å². The van der Waals surface area contributed by atoms with E-state index in [-0.39, 0.29) is 17.4 Å². The smallest absolute Gasteiger partial charge is 0.337 e. The first-order valence-corrected chi connectivity index (χ1v) is 6.40. The van der Waals surface area contributed by atoms with Crippen molar-refractivity contribution < 1.29 is 14.3 Å². The summed E-state index contributed by atoms with van der Waals surface area (Å²) in [5.74, 6) is -1.39. The van der Waals surface area contributed by atoms with E-state index in [2.05, 4.69) is 10.3 Å². The minimum absolute atomic E-state index is 0.126. The Morgan fingerprint density at radius 2 is 2.05 bits per heavy atom. The molecule has 106 valence electrons. The fourth-order valence-corrected chi connectivity index (χ4v) is 2.35. The summed E-state index contributed by atoms with van der Waals surface area (Å²) in [6.07, 6.45) is 0. The van der Waals surface area contributed by atoms with E-state index in [1.165, 1.54) is 22.9 Å². The van der Waals surface area contributed by atoms with Crippen LogP contribution in [0.25, 0.3) is 11.0 Å². The van der Waals surface area contributed by atoms with Gasteiger partial charge in [0.1, 0.15) is 16.9 Å². The fourth-order valence-electron chi connectivity index (χ4n) is 2.35. The molecule has 0 fully saturated rings. The number of para-hydroxylation sites is 1. The molecule has 0 spiro atoms. The molecule has 21 heavy (non-hydrogen) atoms. The van der Waals surface area contributed by atoms with E-state index < -0.39 is 5.97 Å². The highest BCUT2D eigenvalue weighted by molar-refractivity contribution is 6.00. The van der Waals surface area contributed by atoms with Crippen molar-refractivity contribution in [3.05, 3.63) is 59.4 Å². The third-order valence-corrected chi connectivity index (χ3v) is 3.42. The number of carbonyl (C=O) groups is 1. The SMILES string of the molecule is CC(c1cccc(F)c1)n1nnc2cccc(C(=O)O)c21. The number of hydrogen-bond acceptors (Lipinski definition) is 3. The molecule has 1 unspecified atom stereocenters. The lowest BCUT2D eigenvalue weighted by Crippen LogP contribution is -2.11. The molecule has 0 saturated heterocycles. The van der Waals surface area contributed by atoms with Crippen LogP contribution in [0.1, 0.15) is 28.9 Å². The molecule has 5 nitrogen and oxygen atoms in total. The van der Waals surface area contributed by atoms with Gasteiger partial charge in [-0.15, -0.1) is 5.10 Å². The van der Waals surface area contributed by atoms with Crippen molar-refractivity contribution >= 4 is 17.0 Å². The van der Waals surface area contributed by atoms with Gasteiger partial charge in [-0.2, -0.15) is 0 Å². The lowest BCUT2D eigenvalue weighted by atomic mass is 10.1. The zero-order chi connectivity index (χ0) is 15.0. The van der Waals surface area contributed by atoms with Gasteiger partial charge in [0, 0.05) is 0 Å². The molecule has 0 saturated carbocycles. The van der Waals surface area contributed by atoms with E-state index in [4.69, 9.17) is 0 Å². The molecule has 1 N–H and O–H groups in total. The highest BCUT2D eigenvalue weighted by Crippen LogP contribution is 2.24. The van der Waals surface area contributed by atoms with Crippen LogP contribution in [0.2, 0.25) is 0 Å². The number of halogens is 1. The number of aromatic carboxylic acids is 1. The second kappa shape index (κ2) is 4.97. The monoisotopic (exact) mass is 285 g/mol. The molecule has 1 heterocycles. The molecule has 0 radical (unpaired) electrons. The van der Waals surface area contributed by atoms with E-state index in [9.17, 15) is 14.3 Å². The summed E-state index contributed by atoms with van der Waals surface area (Å²) >= 11 is 0. The van der Waals surface area contributed by atoms with Crippen LogP contribution < -0.4 is 0 Å². The first kappa shape index (κ1) is 13.2. The minimum Gasteiger partial charge on any atom is -0.478 e. The van der Waals surface area contributed by atoms with Crippen LogP contribution in [0.15, 0.2) is 42.5 Å². The lowest BCUT2D eigenvalue weighted by Gasteiger charge is -2.14. The molecule has 0 bridgehead atoms. The van der Waals surface area contributed by atoms with Crippen LogP contribution in [-0.2, 0) is 0 Å². The molecule has 1 atom stereocenters. The standard InChI is InChI=1S/C15H12FN3O2/c1-9(10-4-2-5-11(16)8-10)19-14-12(15(20)21)6-3-7-13(14)17-18-19/h2-9H,1H3,(H,20,21). The summed E-state index contributed by atoms with van der Waals surface area (Å²) in [5, 5.41) is 17.3. The molecule has 3 aromatic rings. The molecule has 0 aliphatic rings. The summed E-state index contributed by atoms with van der Waals surface area (Å²) < 4.78 is 14.9. The van der Waals surface area contributed by atoms with Crippen molar-refractivity contribution in [2.24, 2.45) is 0 Å². The van der Waals surface area contributed by atoms with Gasteiger partial charge in [0.2, 0.25) is 0 Å². The Morgan fingerprint density at radius 3 is 2.76 bits per heavy atom. The van der Waals surface area contributed by atoms with Crippen molar-refractivity contribution in [3.63, 3.8) is 0 Å². The van der Waals surface area contributed by atoms with Gasteiger partial charge < -0.3 is 5.11 Å². The second-order valence-corrected chi connectivity index (χ2v) is 4.74. The van der Waals surface area contributed by atoms with Gasteiger partial charge in [0.15, 0.2) is 0 Å². The van der Waals surface area contributed by atoms with Gasteiger partial charge in [-0.1, -0.05) is 23.4 Å². The quantitative estimate of drug-likeness (QED) is 0.803. The predicted octanol–water partition coefficient (Wildman–Crippen LogP) is 2.88. The minimum atomic E-state index is -1.05. The summed E-state index contributed by atoms with van der Waals surface area (Å²) in [6.45, 7) is 1.82. The molecule has 2 aromatic carbocycles. The second-order valence-electron chi connectivity index (χ2n) is 4.74. The van der Waals surface area contributed by atoms with Crippen LogP contribution >= 0.6 is 0 Å². The van der Waals surface area contributed by atoms with Gasteiger partial charge in [-0.3, -0.25) is 0 Å². The van der Waals surface area contributed by atoms with Crippen LogP contribution in [0.4, 0.5) is 4.39 Å². The number of carboxylic acid groups (broad SMARTS) is 1. The molecule has 0 aliphatic heterocycles. The van der Waals surface area contributed by atoms with Crippen molar-refractivity contribution in [1.29, 1.82) is 0 Å². The number of hydrogen-bond donors (Lipinski definition) is 1. The van der Waals surface area contributed by atoms with Gasteiger partial charge in [0.05, 0.1) is 11.6 Å². The Bertz CT molecular complexity index is 829. The van der Waals surface area contributed by atoms with E-state index in [1.807, 2.05) is 6.92 Å². The largest absolute Gasteiger partial charge is 0.478 e. The summed E-state index contributed by atoms with van der Waals surface area (Å²) in [7, 11) is 0. The highest BCUT2D eigenvalue weighted by atomic mass is 19.1. The van der Waals surface area contributed by atoms with Gasteiger partial charge in [-0.05, 0) is 36.8 Å². The lowest BCUT2D eigenvalue weighted by molar-refractivity contribution is 0.0698. The molecule has 0 amide bonds. The third-order valence-electron chi connectivity index (χ3n) is 3.42. The van der Waals surface area contributed by atoms with Gasteiger partial charge >= 0.3 is 5.97 Å². The van der Waals surface area contributed by atoms with E-state index in [1.54, 1.807) is 24.3 Å². The molecule has 0 aliphatic carbocycles. The summed E-state index contributed by atoms with van der Waals surface area (Å²) in [5.41, 5.74) is 1.75. The number of benzene rings is 2. The maximum Gasteiger partial charge on any atom is 0.337 e. The number of nitrogens with zero attached hydrogens (tertiary/aromatic N) is 3. The van der Waals surface area contributed by atoms with Crippen LogP contribution in [-0.4, -0.2) is 26.1 Å². The maximum absolute atomic E-state index is 13.4. The highest BCUT2D eigenvalue weighted by Gasteiger charge is 2.19. The van der Waals surface area contributed by atoms with E-state index >= 15 is 0 Å². The molecular weight excluding hydrogens is 273 g/mol. The first-order valence-electron chi connectivity index (χ1n) is 6.40. The average Bonchev–Trinajstić information content (AvgIpc) is 2.90. The predicted molar refractivity (Wildman–Crippen MR) is 74.7 cm³/mol. The number of aromatic nitrogens is 3. The topological polar surface area (TPSA) is 68.0 Å². The molecule has 1 aromatic heterocycles. The zero-order valence-corrected chi connectivity index (χ0v) is 11.2. The maximum atomic E-state index is 13.4. The Hall–Kier alpha value is -2.76. The Kier molecular flexibility index (Phi) is 3.13. The van der Waals surface area contributed by atoms with Crippen molar-refractivity contribution in [3.8, 4) is 0 Å². The Labute approximate surface area is 119 Å². The number of fused-ring (bicyclic) bond motifs is 1. The van der Waals surface area contributed by atoms with Crippen LogP contribution in [0.3, 0.4) is 0 Å². The fraction of sp³-hybridized carbons (Fsp3) is 0.133. The van der Waals surface area contributed by atoms with Crippen molar-refractivity contribution in [2.45, 2.75) is 13.0 Å². The van der Waals surface area contributed by atoms with Crippen molar-refractivity contribution in [2.75, 3.05) is 0 Å². The zero-order valence-electron chi connectivity index (χ0n) is 11.2. The Morgan fingerprint density at radius 1 is 1.29 bits per heavy atom. The van der Waals surface area contributed by atoms with Gasteiger partial charge in [-0.25, -0.2) is 13.9 Å². The number of rotatable bonds is 3. The number of carboxylic acids is 1. The first-order chi connectivity index (χ1) is 10.1. The summed E-state index contributed by atoms with van der Waals surface area (Å²) in [6, 6.07) is 10.6. The average molecular weight is 285 g/mol. The van der Waals surface area contributed by atoms with Crippen molar-refractivity contribution in [1.82, 2.24) is 15.0 Å². The molecule has 3 rings (SSSR count). The van der Waals surface area contributed by atoms with Gasteiger partial charge in [0.25, 0.3) is 0 Å².